The van der Waals surface area contributed by atoms with Gasteiger partial charge < -0.3 is 19.9 Å². The third-order valence-corrected chi connectivity index (χ3v) is 7.45. The van der Waals surface area contributed by atoms with E-state index in [9.17, 15) is 19.5 Å². The second-order valence-corrected chi connectivity index (χ2v) is 10.0. The van der Waals surface area contributed by atoms with Crippen molar-refractivity contribution < 1.29 is 29.0 Å². The number of allylic oxidation sites excluding steroid dienone is 1. The summed E-state index contributed by atoms with van der Waals surface area (Å²) in [6.07, 6.45) is 3.21. The summed E-state index contributed by atoms with van der Waals surface area (Å²) in [6, 6.07) is -0.765. The molecular formula is C22H33NO6. The Morgan fingerprint density at radius 3 is 2.55 bits per heavy atom. The smallest absolute Gasteiger partial charge is 0.336 e. The van der Waals surface area contributed by atoms with Gasteiger partial charge in [0.1, 0.15) is 24.4 Å². The van der Waals surface area contributed by atoms with Gasteiger partial charge in [0.05, 0.1) is 5.57 Å². The van der Waals surface area contributed by atoms with Crippen LogP contribution in [0.5, 0.6) is 0 Å². The number of hydrogen-bond acceptors (Lipinski definition) is 6. The average molecular weight is 408 g/mol. The van der Waals surface area contributed by atoms with Crippen molar-refractivity contribution >= 4 is 17.8 Å². The number of aliphatic hydroxyl groups is 1. The number of carbonyl (C=O) groups is 3. The van der Waals surface area contributed by atoms with Gasteiger partial charge in [0.2, 0.25) is 5.91 Å². The molecule has 5 atom stereocenters. The zero-order valence-electron chi connectivity index (χ0n) is 18.2. The highest BCUT2D eigenvalue weighted by Gasteiger charge is 2.69. The van der Waals surface area contributed by atoms with Gasteiger partial charge >= 0.3 is 11.9 Å². The number of esters is 2. The van der Waals surface area contributed by atoms with Gasteiger partial charge in [-0.15, -0.1) is 0 Å². The van der Waals surface area contributed by atoms with Gasteiger partial charge in [0.15, 0.2) is 0 Å². The SMILES string of the molecule is CC(=O)N[C@H](C(=O)O[C@H]1CCC(C)(C)[C@@H]2CC=C3C(=O)OC[C@@]3(O)[C@@]12C)C(C)C. The molecule has 1 saturated carbocycles. The van der Waals surface area contributed by atoms with Crippen LogP contribution in [0.15, 0.2) is 11.6 Å². The molecule has 1 saturated heterocycles. The molecule has 0 bridgehead atoms. The van der Waals surface area contributed by atoms with Gasteiger partial charge in [0, 0.05) is 12.3 Å². The van der Waals surface area contributed by atoms with Crippen molar-refractivity contribution in [1.82, 2.24) is 5.32 Å². The monoisotopic (exact) mass is 407 g/mol. The number of ether oxygens (including phenoxy) is 2. The Bertz CT molecular complexity index is 756. The van der Waals surface area contributed by atoms with E-state index in [1.165, 1.54) is 6.92 Å². The number of amides is 1. The third kappa shape index (κ3) is 3.27. The van der Waals surface area contributed by atoms with Crippen LogP contribution in [0.2, 0.25) is 0 Å². The predicted molar refractivity (Wildman–Crippen MR) is 106 cm³/mol. The summed E-state index contributed by atoms with van der Waals surface area (Å²) in [7, 11) is 0. The molecule has 0 aromatic rings. The Kier molecular flexibility index (Phi) is 5.35. The van der Waals surface area contributed by atoms with Crippen LogP contribution >= 0.6 is 0 Å². The van der Waals surface area contributed by atoms with Crippen LogP contribution in [0.25, 0.3) is 0 Å². The van der Waals surface area contributed by atoms with E-state index in [4.69, 9.17) is 9.47 Å². The zero-order chi connectivity index (χ0) is 21.8. The van der Waals surface area contributed by atoms with Crippen LogP contribution in [0, 0.1) is 22.7 Å². The number of rotatable bonds is 4. The van der Waals surface area contributed by atoms with E-state index in [-0.39, 0.29) is 35.3 Å². The van der Waals surface area contributed by atoms with E-state index < -0.39 is 35.1 Å². The maximum Gasteiger partial charge on any atom is 0.336 e. The molecule has 0 unspecified atom stereocenters. The van der Waals surface area contributed by atoms with Crippen LogP contribution in [-0.2, 0) is 23.9 Å². The van der Waals surface area contributed by atoms with Gasteiger partial charge in [-0.3, -0.25) is 4.79 Å². The highest BCUT2D eigenvalue weighted by molar-refractivity contribution is 5.94. The topological polar surface area (TPSA) is 102 Å². The standard InChI is InChI=1S/C22H33NO6/c1-12(2)17(23-13(3)24)19(26)29-16-9-10-20(4,5)15-8-7-14-18(25)28-11-22(14,27)21(15,16)6/h7,12,15-17,27H,8-11H2,1-6H3,(H,23,24)/t15-,16-,17-,21+,22-/m0/s1. The maximum atomic E-state index is 13.0. The summed E-state index contributed by atoms with van der Waals surface area (Å²) in [5.41, 5.74) is -2.21. The quantitative estimate of drug-likeness (QED) is 0.692. The number of fused-ring (bicyclic) bond motifs is 3. The molecule has 2 aliphatic carbocycles. The highest BCUT2D eigenvalue weighted by atomic mass is 16.6. The van der Waals surface area contributed by atoms with Crippen LogP contribution in [0.3, 0.4) is 0 Å². The zero-order valence-corrected chi connectivity index (χ0v) is 18.2. The van der Waals surface area contributed by atoms with Crippen molar-refractivity contribution in [2.45, 2.75) is 78.6 Å². The van der Waals surface area contributed by atoms with E-state index in [2.05, 4.69) is 19.2 Å². The Morgan fingerprint density at radius 2 is 1.97 bits per heavy atom. The molecule has 7 heteroatoms. The van der Waals surface area contributed by atoms with Crippen LogP contribution in [0.4, 0.5) is 0 Å². The fraction of sp³-hybridized carbons (Fsp3) is 0.773. The Balaban J connectivity index is 1.97. The van der Waals surface area contributed by atoms with E-state index >= 15 is 0 Å². The van der Waals surface area contributed by atoms with Crippen LogP contribution in [0.1, 0.15) is 60.8 Å². The molecule has 0 aromatic heterocycles. The molecule has 1 amide bonds. The lowest BCUT2D eigenvalue weighted by Crippen LogP contribution is -2.66. The van der Waals surface area contributed by atoms with Gasteiger partial charge in [-0.25, -0.2) is 9.59 Å². The van der Waals surface area contributed by atoms with Gasteiger partial charge in [-0.1, -0.05) is 40.7 Å². The van der Waals surface area contributed by atoms with Crippen LogP contribution < -0.4 is 5.32 Å². The van der Waals surface area contributed by atoms with Crippen molar-refractivity contribution in [3.05, 3.63) is 11.6 Å². The fourth-order valence-corrected chi connectivity index (χ4v) is 5.67. The minimum absolute atomic E-state index is 0.00284. The van der Waals surface area contributed by atoms with Crippen molar-refractivity contribution in [1.29, 1.82) is 0 Å². The summed E-state index contributed by atoms with van der Waals surface area (Å²) < 4.78 is 11.2. The second kappa shape index (κ2) is 7.11. The van der Waals surface area contributed by atoms with E-state index in [0.29, 0.717) is 12.8 Å². The molecule has 2 fully saturated rings. The lowest BCUT2D eigenvalue weighted by atomic mass is 9.46. The molecule has 0 radical (unpaired) electrons. The predicted octanol–water partition coefficient (Wildman–Crippen LogP) is 2.12. The van der Waals surface area contributed by atoms with Crippen molar-refractivity contribution in [3.8, 4) is 0 Å². The second-order valence-electron chi connectivity index (χ2n) is 10.0. The van der Waals surface area contributed by atoms with E-state index in [1.807, 2.05) is 20.8 Å². The lowest BCUT2D eigenvalue weighted by Gasteiger charge is -2.60. The Hall–Kier alpha value is -1.89. The highest BCUT2D eigenvalue weighted by Crippen LogP contribution is 2.63. The number of hydrogen-bond donors (Lipinski definition) is 2. The number of nitrogens with one attached hydrogen (secondary N) is 1. The first-order chi connectivity index (χ1) is 13.3. The first-order valence-electron chi connectivity index (χ1n) is 10.4. The van der Waals surface area contributed by atoms with Gasteiger partial charge in [0.25, 0.3) is 0 Å². The molecule has 0 spiro atoms. The van der Waals surface area contributed by atoms with Crippen molar-refractivity contribution in [2.24, 2.45) is 22.7 Å². The van der Waals surface area contributed by atoms with Gasteiger partial charge in [-0.2, -0.15) is 0 Å². The fourth-order valence-electron chi connectivity index (χ4n) is 5.67. The molecule has 3 aliphatic rings. The largest absolute Gasteiger partial charge is 0.460 e. The summed E-state index contributed by atoms with van der Waals surface area (Å²) in [5, 5.41) is 14.3. The molecule has 1 aliphatic heterocycles. The molecule has 7 nitrogen and oxygen atoms in total. The summed E-state index contributed by atoms with van der Waals surface area (Å²) in [6.45, 7) is 11.1. The minimum Gasteiger partial charge on any atom is -0.460 e. The first kappa shape index (κ1) is 21.8. The van der Waals surface area contributed by atoms with Gasteiger partial charge in [-0.05, 0) is 36.5 Å². The maximum absolute atomic E-state index is 13.0. The Morgan fingerprint density at radius 1 is 1.31 bits per heavy atom. The van der Waals surface area contributed by atoms with Crippen LogP contribution in [-0.4, -0.2) is 47.3 Å². The summed E-state index contributed by atoms with van der Waals surface area (Å²) >= 11 is 0. The first-order valence-corrected chi connectivity index (χ1v) is 10.4. The molecule has 0 aromatic carbocycles. The molecule has 162 valence electrons. The normalized spacial score (nSPS) is 36.4. The van der Waals surface area contributed by atoms with Crippen molar-refractivity contribution in [2.75, 3.05) is 6.61 Å². The summed E-state index contributed by atoms with van der Waals surface area (Å²) in [4.78, 5) is 36.8. The Labute approximate surface area is 172 Å². The minimum atomic E-state index is -1.50. The van der Waals surface area contributed by atoms with E-state index in [0.717, 1.165) is 6.42 Å². The molecule has 1 heterocycles. The molecule has 3 rings (SSSR count). The molecule has 29 heavy (non-hydrogen) atoms. The molecular weight excluding hydrogens is 374 g/mol. The number of cyclic esters (lactones) is 1. The molecule has 2 N–H and O–H groups in total. The average Bonchev–Trinajstić information content (AvgIpc) is 2.91. The summed E-state index contributed by atoms with van der Waals surface area (Å²) in [5.74, 6) is -1.45. The lowest BCUT2D eigenvalue weighted by molar-refractivity contribution is -0.217. The number of carbonyl (C=O) groups excluding carboxylic acids is 3. The van der Waals surface area contributed by atoms with E-state index in [1.54, 1.807) is 6.08 Å². The van der Waals surface area contributed by atoms with Crippen molar-refractivity contribution in [3.63, 3.8) is 0 Å². The third-order valence-electron chi connectivity index (χ3n) is 7.45.